The number of unbranched alkanes of at least 4 members (excludes halogenated alkanes) is 7. The maximum Gasteiger partial charge on any atom is 0.00517 e. The second-order valence-corrected chi connectivity index (χ2v) is 7.49. The fourth-order valence-electron chi connectivity index (χ4n) is 2.88. The third-order valence-electron chi connectivity index (χ3n) is 4.10. The molecule has 1 rings (SSSR count). The molecule has 19 heavy (non-hydrogen) atoms. The van der Waals surface area contributed by atoms with E-state index in [0.717, 1.165) is 5.92 Å². The minimum absolute atomic E-state index is 0.755. The monoisotopic (exact) mass is 280 g/mol. The summed E-state index contributed by atoms with van der Waals surface area (Å²) in [5.41, 5.74) is 1.60. The molecule has 0 saturated carbocycles. The molecule has 1 heteroatoms. The van der Waals surface area contributed by atoms with Crippen LogP contribution in [0.4, 0.5) is 0 Å². The Hall–Kier alpha value is -0.300. The predicted octanol–water partition coefficient (Wildman–Crippen LogP) is 7.00. The first-order chi connectivity index (χ1) is 9.15. The highest BCUT2D eigenvalue weighted by atomic mass is 32.1. The number of hydrogen-bond donors (Lipinski definition) is 0. The fourth-order valence-corrected chi connectivity index (χ4v) is 3.93. The summed E-state index contributed by atoms with van der Waals surface area (Å²) < 4.78 is 0. The Morgan fingerprint density at radius 1 is 0.947 bits per heavy atom. The molecule has 0 aliphatic heterocycles. The molecule has 0 N–H and O–H groups in total. The molecule has 0 spiro atoms. The van der Waals surface area contributed by atoms with Gasteiger partial charge in [-0.2, -0.15) is 0 Å². The minimum Gasteiger partial charge on any atom is -0.146 e. The van der Waals surface area contributed by atoms with Gasteiger partial charge in [-0.1, -0.05) is 65.2 Å². The van der Waals surface area contributed by atoms with Crippen molar-refractivity contribution in [1.82, 2.24) is 0 Å². The molecule has 1 heterocycles. The van der Waals surface area contributed by atoms with Crippen LogP contribution >= 0.6 is 11.3 Å². The largest absolute Gasteiger partial charge is 0.146 e. The smallest absolute Gasteiger partial charge is 0.00517 e. The summed E-state index contributed by atoms with van der Waals surface area (Å²) in [6.45, 7) is 9.19. The van der Waals surface area contributed by atoms with Gasteiger partial charge >= 0.3 is 0 Å². The topological polar surface area (TPSA) is 0 Å². The average Bonchev–Trinajstić information content (AvgIpc) is 2.71. The number of rotatable bonds is 10. The summed E-state index contributed by atoms with van der Waals surface area (Å²) in [7, 11) is 0. The molecule has 1 aromatic rings. The van der Waals surface area contributed by atoms with E-state index in [4.69, 9.17) is 0 Å². The van der Waals surface area contributed by atoms with E-state index in [1.54, 1.807) is 5.56 Å². The lowest BCUT2D eigenvalue weighted by atomic mass is 9.95. The highest BCUT2D eigenvalue weighted by Gasteiger charge is 2.10. The molecular formula is C18H32S. The van der Waals surface area contributed by atoms with Crippen molar-refractivity contribution in [3.05, 3.63) is 21.4 Å². The third kappa shape index (κ3) is 6.61. The van der Waals surface area contributed by atoms with Gasteiger partial charge in [0.25, 0.3) is 0 Å². The van der Waals surface area contributed by atoms with Crippen LogP contribution in [0.25, 0.3) is 0 Å². The molecule has 0 nitrogen and oxygen atoms in total. The van der Waals surface area contributed by atoms with Crippen molar-refractivity contribution in [1.29, 1.82) is 0 Å². The van der Waals surface area contributed by atoms with Crippen LogP contribution in [-0.2, 0) is 0 Å². The standard InChI is InChI=1S/C18H32S/c1-5-6-7-8-9-10-11-12-13-15(2)18-14-16(3)19-17(18)4/h14-15H,5-13H2,1-4H3. The molecule has 110 valence electrons. The van der Waals surface area contributed by atoms with Crippen molar-refractivity contribution in [3.63, 3.8) is 0 Å². The summed E-state index contributed by atoms with van der Waals surface area (Å²) in [6, 6.07) is 2.40. The number of thiophene rings is 1. The maximum absolute atomic E-state index is 2.40. The SMILES string of the molecule is CCCCCCCCCCC(C)c1cc(C)sc1C. The van der Waals surface area contributed by atoms with E-state index in [1.807, 2.05) is 11.3 Å². The third-order valence-corrected chi connectivity index (χ3v) is 5.08. The molecule has 0 bridgehead atoms. The van der Waals surface area contributed by atoms with Crippen molar-refractivity contribution in [2.24, 2.45) is 0 Å². The van der Waals surface area contributed by atoms with Crippen LogP contribution in [0.5, 0.6) is 0 Å². The van der Waals surface area contributed by atoms with E-state index in [-0.39, 0.29) is 0 Å². The number of hydrogen-bond acceptors (Lipinski definition) is 1. The van der Waals surface area contributed by atoms with Crippen LogP contribution in [0.15, 0.2) is 6.07 Å². The molecule has 1 atom stereocenters. The van der Waals surface area contributed by atoms with Crippen LogP contribution in [0.3, 0.4) is 0 Å². The van der Waals surface area contributed by atoms with Crippen molar-refractivity contribution < 1.29 is 0 Å². The Morgan fingerprint density at radius 3 is 2.05 bits per heavy atom. The van der Waals surface area contributed by atoms with Crippen molar-refractivity contribution >= 4 is 11.3 Å². The summed E-state index contributed by atoms with van der Waals surface area (Å²) in [5.74, 6) is 0.755. The first-order valence-corrected chi connectivity index (χ1v) is 9.03. The summed E-state index contributed by atoms with van der Waals surface area (Å²) in [4.78, 5) is 3.00. The molecule has 1 unspecified atom stereocenters. The van der Waals surface area contributed by atoms with Crippen LogP contribution in [0, 0.1) is 13.8 Å². The lowest BCUT2D eigenvalue weighted by Gasteiger charge is -2.11. The highest BCUT2D eigenvalue weighted by Crippen LogP contribution is 2.30. The first kappa shape index (κ1) is 16.8. The van der Waals surface area contributed by atoms with Gasteiger partial charge in [-0.05, 0) is 37.8 Å². The maximum atomic E-state index is 2.40. The van der Waals surface area contributed by atoms with Gasteiger partial charge < -0.3 is 0 Å². The molecule has 0 saturated heterocycles. The molecule has 0 amide bonds. The van der Waals surface area contributed by atoms with Gasteiger partial charge in [0, 0.05) is 9.75 Å². The Balaban J connectivity index is 2.08. The van der Waals surface area contributed by atoms with Crippen molar-refractivity contribution in [2.45, 2.75) is 91.4 Å². The van der Waals surface area contributed by atoms with Gasteiger partial charge in [0.2, 0.25) is 0 Å². The second-order valence-electron chi connectivity index (χ2n) is 6.03. The van der Waals surface area contributed by atoms with E-state index in [1.165, 1.54) is 67.5 Å². The fraction of sp³-hybridized carbons (Fsp3) is 0.778. The zero-order valence-electron chi connectivity index (χ0n) is 13.4. The number of aryl methyl sites for hydroxylation is 2. The molecule has 0 radical (unpaired) electrons. The Labute approximate surface area is 124 Å². The van der Waals surface area contributed by atoms with E-state index in [9.17, 15) is 0 Å². The van der Waals surface area contributed by atoms with E-state index in [2.05, 4.69) is 33.8 Å². The molecule has 0 aliphatic rings. The second kappa shape index (κ2) is 9.58. The molecule has 0 fully saturated rings. The zero-order valence-corrected chi connectivity index (χ0v) is 14.2. The normalized spacial score (nSPS) is 12.8. The Kier molecular flexibility index (Phi) is 8.45. The average molecular weight is 281 g/mol. The van der Waals surface area contributed by atoms with Gasteiger partial charge in [0.1, 0.15) is 0 Å². The summed E-state index contributed by atoms with van der Waals surface area (Å²) >= 11 is 1.95. The summed E-state index contributed by atoms with van der Waals surface area (Å²) in [6.07, 6.45) is 12.8. The van der Waals surface area contributed by atoms with Crippen LogP contribution in [-0.4, -0.2) is 0 Å². The first-order valence-electron chi connectivity index (χ1n) is 8.22. The van der Waals surface area contributed by atoms with Gasteiger partial charge in [0.15, 0.2) is 0 Å². The highest BCUT2D eigenvalue weighted by molar-refractivity contribution is 7.12. The lowest BCUT2D eigenvalue weighted by molar-refractivity contribution is 0.543. The molecule has 1 aromatic heterocycles. The molecule has 0 aromatic carbocycles. The van der Waals surface area contributed by atoms with Crippen molar-refractivity contribution in [3.8, 4) is 0 Å². The zero-order chi connectivity index (χ0) is 14.1. The van der Waals surface area contributed by atoms with Crippen LogP contribution in [0.1, 0.15) is 92.9 Å². The molecule has 0 aliphatic carbocycles. The Bertz CT molecular complexity index is 337. The Morgan fingerprint density at radius 2 is 1.53 bits per heavy atom. The van der Waals surface area contributed by atoms with Crippen molar-refractivity contribution in [2.75, 3.05) is 0 Å². The lowest BCUT2D eigenvalue weighted by Crippen LogP contribution is -1.93. The van der Waals surface area contributed by atoms with E-state index < -0.39 is 0 Å². The van der Waals surface area contributed by atoms with Gasteiger partial charge in [-0.3, -0.25) is 0 Å². The molecular weight excluding hydrogens is 248 g/mol. The quantitative estimate of drug-likeness (QED) is 0.405. The van der Waals surface area contributed by atoms with E-state index in [0.29, 0.717) is 0 Å². The van der Waals surface area contributed by atoms with Crippen LogP contribution < -0.4 is 0 Å². The van der Waals surface area contributed by atoms with Gasteiger partial charge in [-0.15, -0.1) is 11.3 Å². The minimum atomic E-state index is 0.755. The predicted molar refractivity (Wildman–Crippen MR) is 89.4 cm³/mol. The summed E-state index contributed by atoms with van der Waals surface area (Å²) in [5, 5.41) is 0. The van der Waals surface area contributed by atoms with E-state index >= 15 is 0 Å². The van der Waals surface area contributed by atoms with Crippen LogP contribution in [0.2, 0.25) is 0 Å². The van der Waals surface area contributed by atoms with Gasteiger partial charge in [-0.25, -0.2) is 0 Å². The van der Waals surface area contributed by atoms with Gasteiger partial charge in [0.05, 0.1) is 0 Å².